The molecule has 7 nitrogen and oxygen atoms in total. The smallest absolute Gasteiger partial charge is 0.378 e. The van der Waals surface area contributed by atoms with E-state index >= 15 is 0 Å². The summed E-state index contributed by atoms with van der Waals surface area (Å²) >= 11 is 0. The molecule has 2 heterocycles. The average molecular weight is 346 g/mol. The van der Waals surface area contributed by atoms with Crippen molar-refractivity contribution in [3.8, 4) is 0 Å². The SMILES string of the molecule is CNC(=O)c1ccnc(NC(=O)C2COCCN2CC(F)(F)F)c1. The van der Waals surface area contributed by atoms with Crippen LogP contribution < -0.4 is 10.6 Å². The van der Waals surface area contributed by atoms with Gasteiger partial charge in [0, 0.05) is 25.4 Å². The summed E-state index contributed by atoms with van der Waals surface area (Å²) in [5.74, 6) is -0.952. The molecule has 1 aliphatic heterocycles. The fourth-order valence-corrected chi connectivity index (χ4v) is 2.29. The predicted molar refractivity (Wildman–Crippen MR) is 78.5 cm³/mol. The van der Waals surface area contributed by atoms with Crippen LogP contribution in [0.4, 0.5) is 19.0 Å². The first kappa shape index (κ1) is 18.1. The number of halogens is 3. The zero-order chi connectivity index (χ0) is 17.7. The van der Waals surface area contributed by atoms with Gasteiger partial charge in [-0.05, 0) is 12.1 Å². The van der Waals surface area contributed by atoms with Crippen molar-refractivity contribution >= 4 is 17.6 Å². The van der Waals surface area contributed by atoms with Gasteiger partial charge in [-0.1, -0.05) is 0 Å². The van der Waals surface area contributed by atoms with Gasteiger partial charge in [-0.3, -0.25) is 14.5 Å². The summed E-state index contributed by atoms with van der Waals surface area (Å²) < 4.78 is 43.0. The molecule has 1 atom stereocenters. The number of anilines is 1. The third-order valence-electron chi connectivity index (χ3n) is 3.42. The highest BCUT2D eigenvalue weighted by Gasteiger charge is 2.38. The van der Waals surface area contributed by atoms with Crippen molar-refractivity contribution in [1.82, 2.24) is 15.2 Å². The van der Waals surface area contributed by atoms with Crippen LogP contribution in [0.2, 0.25) is 0 Å². The summed E-state index contributed by atoms with van der Waals surface area (Å²) in [4.78, 5) is 28.7. The molecular formula is C14H17F3N4O3. The van der Waals surface area contributed by atoms with Gasteiger partial charge in [0.1, 0.15) is 11.9 Å². The van der Waals surface area contributed by atoms with Crippen molar-refractivity contribution < 1.29 is 27.5 Å². The Kier molecular flexibility index (Phi) is 5.73. The van der Waals surface area contributed by atoms with Crippen LogP contribution in [0, 0.1) is 0 Å². The quantitative estimate of drug-likeness (QED) is 0.836. The Morgan fingerprint density at radius 2 is 2.21 bits per heavy atom. The highest BCUT2D eigenvalue weighted by molar-refractivity contribution is 5.97. The molecule has 1 fully saturated rings. The van der Waals surface area contributed by atoms with Crippen molar-refractivity contribution in [3.63, 3.8) is 0 Å². The van der Waals surface area contributed by atoms with Gasteiger partial charge in [0.05, 0.1) is 19.8 Å². The largest absolute Gasteiger partial charge is 0.401 e. The molecule has 0 aromatic carbocycles. The minimum absolute atomic E-state index is 0.00328. The number of alkyl halides is 3. The summed E-state index contributed by atoms with van der Waals surface area (Å²) in [5.41, 5.74) is 0.273. The molecule has 1 aromatic heterocycles. The molecule has 132 valence electrons. The fourth-order valence-electron chi connectivity index (χ4n) is 2.29. The number of carbonyl (C=O) groups excluding carboxylic acids is 2. The second kappa shape index (κ2) is 7.58. The third-order valence-corrected chi connectivity index (χ3v) is 3.42. The topological polar surface area (TPSA) is 83.6 Å². The highest BCUT2D eigenvalue weighted by Crippen LogP contribution is 2.20. The molecule has 1 aliphatic rings. The standard InChI is InChI=1S/C14H17F3N4O3/c1-18-12(22)9-2-3-19-11(6-9)20-13(23)10-7-24-5-4-21(10)8-14(15,16)17/h2-3,6,10H,4-5,7-8H2,1H3,(H,18,22)(H,19,20,23). The van der Waals surface area contributed by atoms with E-state index in [9.17, 15) is 22.8 Å². The Labute approximate surface area is 136 Å². The van der Waals surface area contributed by atoms with Crippen molar-refractivity contribution in [1.29, 1.82) is 0 Å². The number of aromatic nitrogens is 1. The molecule has 10 heteroatoms. The maximum Gasteiger partial charge on any atom is 0.401 e. The van der Waals surface area contributed by atoms with Crippen LogP contribution in [0.5, 0.6) is 0 Å². The van der Waals surface area contributed by atoms with Gasteiger partial charge in [0.25, 0.3) is 5.91 Å². The molecule has 1 unspecified atom stereocenters. The predicted octanol–water partition coefficient (Wildman–Crippen LogP) is 0.643. The lowest BCUT2D eigenvalue weighted by atomic mass is 10.2. The van der Waals surface area contributed by atoms with Gasteiger partial charge >= 0.3 is 6.18 Å². The summed E-state index contributed by atoms with van der Waals surface area (Å²) in [5, 5.41) is 4.85. The van der Waals surface area contributed by atoms with Gasteiger partial charge in [0.2, 0.25) is 5.91 Å². The second-order valence-corrected chi connectivity index (χ2v) is 5.17. The van der Waals surface area contributed by atoms with E-state index in [1.54, 1.807) is 0 Å². The van der Waals surface area contributed by atoms with Crippen LogP contribution in [0.3, 0.4) is 0 Å². The Hall–Kier alpha value is -2.20. The summed E-state index contributed by atoms with van der Waals surface area (Å²) in [6.07, 6.45) is -3.09. The molecule has 24 heavy (non-hydrogen) atoms. The van der Waals surface area contributed by atoms with Gasteiger partial charge in [-0.25, -0.2) is 4.98 Å². The summed E-state index contributed by atoms with van der Waals surface area (Å²) in [6.45, 7) is -1.20. The van der Waals surface area contributed by atoms with Crippen LogP contribution in [-0.2, 0) is 9.53 Å². The average Bonchev–Trinajstić information content (AvgIpc) is 2.53. The van der Waals surface area contributed by atoms with Crippen LogP contribution in [-0.4, -0.2) is 67.3 Å². The number of amides is 2. The van der Waals surface area contributed by atoms with Crippen LogP contribution in [0.25, 0.3) is 0 Å². The monoisotopic (exact) mass is 346 g/mol. The second-order valence-electron chi connectivity index (χ2n) is 5.17. The highest BCUT2D eigenvalue weighted by atomic mass is 19.4. The molecule has 2 amide bonds. The van der Waals surface area contributed by atoms with Crippen molar-refractivity contribution in [2.24, 2.45) is 0 Å². The van der Waals surface area contributed by atoms with E-state index in [2.05, 4.69) is 15.6 Å². The molecule has 0 saturated carbocycles. The first-order chi connectivity index (χ1) is 11.3. The first-order valence-corrected chi connectivity index (χ1v) is 7.17. The minimum Gasteiger partial charge on any atom is -0.378 e. The van der Waals surface area contributed by atoms with Gasteiger partial charge in [-0.2, -0.15) is 13.2 Å². The molecule has 1 saturated heterocycles. The molecule has 0 bridgehead atoms. The number of nitrogens with zero attached hydrogens (tertiary/aromatic N) is 2. The van der Waals surface area contributed by atoms with E-state index in [4.69, 9.17) is 4.74 Å². The lowest BCUT2D eigenvalue weighted by Gasteiger charge is -2.34. The summed E-state index contributed by atoms with van der Waals surface area (Å²) in [6, 6.07) is 1.72. The van der Waals surface area contributed by atoms with E-state index in [0.717, 1.165) is 4.90 Å². The van der Waals surface area contributed by atoms with E-state index in [1.807, 2.05) is 0 Å². The van der Waals surface area contributed by atoms with E-state index < -0.39 is 24.7 Å². The molecule has 1 aromatic rings. The molecular weight excluding hydrogens is 329 g/mol. The maximum atomic E-state index is 12.6. The van der Waals surface area contributed by atoms with Gasteiger partial charge < -0.3 is 15.4 Å². The minimum atomic E-state index is -4.41. The lowest BCUT2D eigenvalue weighted by Crippen LogP contribution is -2.54. The zero-order valence-corrected chi connectivity index (χ0v) is 12.9. The van der Waals surface area contributed by atoms with Crippen molar-refractivity contribution in [3.05, 3.63) is 23.9 Å². The third kappa shape index (κ3) is 4.90. The number of hydrogen-bond acceptors (Lipinski definition) is 5. The van der Waals surface area contributed by atoms with E-state index in [1.165, 1.54) is 25.4 Å². The number of rotatable bonds is 4. The number of carbonyl (C=O) groups is 2. The zero-order valence-electron chi connectivity index (χ0n) is 12.9. The Balaban J connectivity index is 2.08. The van der Waals surface area contributed by atoms with E-state index in [0.29, 0.717) is 0 Å². The lowest BCUT2D eigenvalue weighted by molar-refractivity contribution is -0.165. The number of hydrogen-bond donors (Lipinski definition) is 2. The van der Waals surface area contributed by atoms with Crippen molar-refractivity contribution in [2.45, 2.75) is 12.2 Å². The molecule has 2 N–H and O–H groups in total. The number of nitrogens with one attached hydrogen (secondary N) is 2. The van der Waals surface area contributed by atoms with E-state index in [-0.39, 0.29) is 37.0 Å². The number of morpholine rings is 1. The Morgan fingerprint density at radius 1 is 1.46 bits per heavy atom. The summed E-state index contributed by atoms with van der Waals surface area (Å²) in [7, 11) is 1.45. The van der Waals surface area contributed by atoms with Gasteiger partial charge in [-0.15, -0.1) is 0 Å². The number of pyridine rings is 1. The van der Waals surface area contributed by atoms with Crippen LogP contribution in [0.15, 0.2) is 18.3 Å². The molecule has 2 rings (SSSR count). The molecule has 0 radical (unpaired) electrons. The Bertz CT molecular complexity index is 609. The van der Waals surface area contributed by atoms with Crippen LogP contribution >= 0.6 is 0 Å². The van der Waals surface area contributed by atoms with Gasteiger partial charge in [0.15, 0.2) is 0 Å². The fraction of sp³-hybridized carbons (Fsp3) is 0.500. The first-order valence-electron chi connectivity index (χ1n) is 7.17. The maximum absolute atomic E-state index is 12.6. The van der Waals surface area contributed by atoms with Crippen LogP contribution in [0.1, 0.15) is 10.4 Å². The Morgan fingerprint density at radius 3 is 2.88 bits per heavy atom. The molecule has 0 spiro atoms. The normalized spacial score (nSPS) is 18.9. The number of ether oxygens (including phenoxy) is 1. The molecule has 0 aliphatic carbocycles. The van der Waals surface area contributed by atoms with Crippen molar-refractivity contribution in [2.75, 3.05) is 38.7 Å².